The first-order valence-electron chi connectivity index (χ1n) is 8.01. The number of aromatic nitrogens is 3. The smallest absolute Gasteiger partial charge is 0.246 e. The summed E-state index contributed by atoms with van der Waals surface area (Å²) in [4.78, 5) is 6.62. The molecule has 1 fully saturated rings. The molecule has 0 radical (unpaired) electrons. The molecule has 1 saturated heterocycles. The van der Waals surface area contributed by atoms with E-state index in [1.165, 1.54) is 10.9 Å². The molecule has 2 aromatic rings. The summed E-state index contributed by atoms with van der Waals surface area (Å²) in [5.41, 5.74) is 1.16. The van der Waals surface area contributed by atoms with Gasteiger partial charge in [-0.2, -0.15) is 9.40 Å². The minimum absolute atomic E-state index is 0.273. The third kappa shape index (κ3) is 3.82. The summed E-state index contributed by atoms with van der Waals surface area (Å²) in [5.74, 6) is 0.345. The quantitative estimate of drug-likeness (QED) is 0.777. The number of aryl methyl sites for hydroxylation is 1. The first-order chi connectivity index (χ1) is 11.4. The van der Waals surface area contributed by atoms with E-state index in [0.717, 1.165) is 25.1 Å². The minimum Gasteiger partial charge on any atom is -0.302 e. The van der Waals surface area contributed by atoms with Crippen LogP contribution in [0.4, 0.5) is 0 Å². The average molecular weight is 349 g/mol. The van der Waals surface area contributed by atoms with Crippen molar-refractivity contribution in [1.82, 2.24) is 24.0 Å². The first-order valence-corrected chi connectivity index (χ1v) is 9.45. The highest BCUT2D eigenvalue weighted by molar-refractivity contribution is 7.89. The van der Waals surface area contributed by atoms with E-state index in [2.05, 4.69) is 28.1 Å². The number of rotatable bonds is 6. The zero-order chi connectivity index (χ0) is 17.2. The molecule has 0 N–H and O–H groups in total. The van der Waals surface area contributed by atoms with Crippen LogP contribution in [0.5, 0.6) is 0 Å². The molecular weight excluding hydrogens is 326 g/mol. The molecular formula is C16H23N5O2S. The maximum atomic E-state index is 12.6. The van der Waals surface area contributed by atoms with Gasteiger partial charge in [-0.05, 0) is 31.0 Å². The molecule has 130 valence electrons. The third-order valence-corrected chi connectivity index (χ3v) is 6.13. The van der Waals surface area contributed by atoms with Crippen molar-refractivity contribution in [3.05, 3.63) is 42.5 Å². The molecule has 7 nitrogen and oxygen atoms in total. The van der Waals surface area contributed by atoms with Crippen molar-refractivity contribution in [3.8, 4) is 0 Å². The van der Waals surface area contributed by atoms with Gasteiger partial charge in [0.05, 0.1) is 6.20 Å². The Balaban J connectivity index is 1.57. The van der Waals surface area contributed by atoms with E-state index in [1.54, 1.807) is 23.7 Å². The molecule has 8 heteroatoms. The fourth-order valence-corrected chi connectivity index (χ4v) is 4.67. The van der Waals surface area contributed by atoms with Crippen LogP contribution in [-0.4, -0.2) is 59.1 Å². The fraction of sp³-hybridized carbons (Fsp3) is 0.500. The third-order valence-electron chi connectivity index (χ3n) is 4.31. The van der Waals surface area contributed by atoms with Crippen molar-refractivity contribution in [3.63, 3.8) is 0 Å². The largest absolute Gasteiger partial charge is 0.302 e. The molecule has 0 aromatic carbocycles. The van der Waals surface area contributed by atoms with Crippen LogP contribution in [-0.2, 0) is 23.6 Å². The lowest BCUT2D eigenvalue weighted by Gasteiger charge is -2.21. The summed E-state index contributed by atoms with van der Waals surface area (Å²) in [6, 6.07) is 3.98. The van der Waals surface area contributed by atoms with E-state index in [1.807, 2.05) is 12.3 Å². The Labute approximate surface area is 143 Å². The molecule has 0 aliphatic carbocycles. The van der Waals surface area contributed by atoms with Gasteiger partial charge in [0.15, 0.2) is 0 Å². The number of hydrogen-bond donors (Lipinski definition) is 0. The van der Waals surface area contributed by atoms with Crippen LogP contribution in [0.15, 0.2) is 41.8 Å². The second-order valence-electron chi connectivity index (χ2n) is 6.43. The average Bonchev–Trinajstić information content (AvgIpc) is 3.18. The van der Waals surface area contributed by atoms with Crippen molar-refractivity contribution in [2.75, 3.05) is 26.7 Å². The highest BCUT2D eigenvalue weighted by Gasteiger charge is 2.33. The van der Waals surface area contributed by atoms with Gasteiger partial charge in [0.25, 0.3) is 0 Å². The van der Waals surface area contributed by atoms with Crippen molar-refractivity contribution >= 4 is 10.0 Å². The molecule has 0 saturated carbocycles. The highest BCUT2D eigenvalue weighted by atomic mass is 32.2. The SMILES string of the molecule is CN(Cc1cccnc1)C[C@H]1CCN(S(=O)(=O)c2cnn(C)c2)C1. The topological polar surface area (TPSA) is 71.3 Å². The lowest BCUT2D eigenvalue weighted by Crippen LogP contribution is -2.31. The molecule has 24 heavy (non-hydrogen) atoms. The number of hydrogen-bond acceptors (Lipinski definition) is 5. The highest BCUT2D eigenvalue weighted by Crippen LogP contribution is 2.24. The van der Waals surface area contributed by atoms with E-state index >= 15 is 0 Å². The maximum absolute atomic E-state index is 12.6. The monoisotopic (exact) mass is 349 g/mol. The van der Waals surface area contributed by atoms with Crippen molar-refractivity contribution in [2.24, 2.45) is 13.0 Å². The van der Waals surface area contributed by atoms with E-state index in [9.17, 15) is 8.42 Å². The lowest BCUT2D eigenvalue weighted by molar-refractivity contribution is 0.273. The van der Waals surface area contributed by atoms with E-state index in [4.69, 9.17) is 0 Å². The Kier molecular flexibility index (Phi) is 4.98. The predicted octanol–water partition coefficient (Wildman–Crippen LogP) is 0.958. The molecule has 3 rings (SSSR count). The molecule has 0 bridgehead atoms. The van der Waals surface area contributed by atoms with Gasteiger partial charge in [-0.25, -0.2) is 8.42 Å². The van der Waals surface area contributed by atoms with Crippen LogP contribution in [0.2, 0.25) is 0 Å². The van der Waals surface area contributed by atoms with Gasteiger partial charge >= 0.3 is 0 Å². The Morgan fingerprint density at radius 2 is 2.21 bits per heavy atom. The van der Waals surface area contributed by atoms with Crippen molar-refractivity contribution in [2.45, 2.75) is 17.9 Å². The summed E-state index contributed by atoms with van der Waals surface area (Å²) in [6.45, 7) is 2.82. The molecule has 0 spiro atoms. The molecule has 2 aromatic heterocycles. The first kappa shape index (κ1) is 17.1. The summed E-state index contributed by atoms with van der Waals surface area (Å²) >= 11 is 0. The Morgan fingerprint density at radius 1 is 1.38 bits per heavy atom. The van der Waals surface area contributed by atoms with Gasteiger partial charge in [-0.1, -0.05) is 6.07 Å². The zero-order valence-electron chi connectivity index (χ0n) is 14.0. The normalized spacial score (nSPS) is 19.2. The van der Waals surface area contributed by atoms with Crippen LogP contribution in [0.3, 0.4) is 0 Å². The van der Waals surface area contributed by atoms with Gasteiger partial charge < -0.3 is 4.90 Å². The second kappa shape index (κ2) is 7.00. The van der Waals surface area contributed by atoms with Gasteiger partial charge in [0.2, 0.25) is 10.0 Å². The van der Waals surface area contributed by atoms with Gasteiger partial charge in [-0.3, -0.25) is 9.67 Å². The van der Waals surface area contributed by atoms with Crippen LogP contribution in [0.25, 0.3) is 0 Å². The molecule has 0 amide bonds. The van der Waals surface area contributed by atoms with Crippen LogP contribution >= 0.6 is 0 Å². The predicted molar refractivity (Wildman–Crippen MR) is 90.6 cm³/mol. The number of nitrogens with zero attached hydrogens (tertiary/aromatic N) is 5. The number of pyridine rings is 1. The van der Waals surface area contributed by atoms with Crippen LogP contribution in [0.1, 0.15) is 12.0 Å². The molecule has 1 aliphatic rings. The standard InChI is InChI=1S/C16H23N5O2S/c1-19(10-14-4-3-6-17-8-14)11-15-5-7-21(12-15)24(22,23)16-9-18-20(2)13-16/h3-4,6,8-9,13,15H,5,7,10-12H2,1-2H3/t15-/m1/s1. The molecule has 3 heterocycles. The summed E-state index contributed by atoms with van der Waals surface area (Å²) in [6.07, 6.45) is 7.48. The zero-order valence-corrected chi connectivity index (χ0v) is 14.9. The van der Waals surface area contributed by atoms with Crippen LogP contribution in [0, 0.1) is 5.92 Å². The summed E-state index contributed by atoms with van der Waals surface area (Å²) in [7, 11) is 0.358. The fourth-order valence-electron chi connectivity index (χ4n) is 3.15. The van der Waals surface area contributed by atoms with Crippen molar-refractivity contribution < 1.29 is 8.42 Å². The molecule has 1 atom stereocenters. The number of sulfonamides is 1. The lowest BCUT2D eigenvalue weighted by atomic mass is 10.1. The maximum Gasteiger partial charge on any atom is 0.246 e. The van der Waals surface area contributed by atoms with Crippen LogP contribution < -0.4 is 0 Å². The molecule has 0 unspecified atom stereocenters. The Bertz CT molecular complexity index is 775. The van der Waals surface area contributed by atoms with Crippen molar-refractivity contribution in [1.29, 1.82) is 0 Å². The second-order valence-corrected chi connectivity index (χ2v) is 8.36. The van der Waals surface area contributed by atoms with E-state index < -0.39 is 10.0 Å². The minimum atomic E-state index is -3.42. The molecule has 1 aliphatic heterocycles. The summed E-state index contributed by atoms with van der Waals surface area (Å²) < 4.78 is 28.3. The van der Waals surface area contributed by atoms with E-state index in [0.29, 0.717) is 19.0 Å². The van der Waals surface area contributed by atoms with Gasteiger partial charge in [0.1, 0.15) is 4.90 Å². The van der Waals surface area contributed by atoms with Gasteiger partial charge in [0, 0.05) is 51.8 Å². The summed E-state index contributed by atoms with van der Waals surface area (Å²) in [5, 5.41) is 3.97. The van der Waals surface area contributed by atoms with E-state index in [-0.39, 0.29) is 4.90 Å². The van der Waals surface area contributed by atoms with Gasteiger partial charge in [-0.15, -0.1) is 0 Å². The Morgan fingerprint density at radius 3 is 2.88 bits per heavy atom. The Hall–Kier alpha value is -1.77.